The Bertz CT molecular complexity index is 1710. The van der Waals surface area contributed by atoms with E-state index < -0.39 is 40.6 Å². The van der Waals surface area contributed by atoms with Crippen LogP contribution in [-0.2, 0) is 0 Å². The predicted molar refractivity (Wildman–Crippen MR) is 135 cm³/mol. The molecule has 0 unspecified atom stereocenters. The van der Waals surface area contributed by atoms with Crippen molar-refractivity contribution in [2.75, 3.05) is 7.11 Å². The number of nitrogens with one attached hydrogen (secondary N) is 1. The van der Waals surface area contributed by atoms with Gasteiger partial charge in [0.25, 0.3) is 11.5 Å². The van der Waals surface area contributed by atoms with Gasteiger partial charge < -0.3 is 15.2 Å². The number of benzene rings is 2. The number of carbonyl (C=O) groups excluding carboxylic acids is 1. The summed E-state index contributed by atoms with van der Waals surface area (Å²) in [5.74, 6) is -3.45. The van der Waals surface area contributed by atoms with Gasteiger partial charge in [-0.1, -0.05) is 0 Å². The lowest BCUT2D eigenvalue weighted by Gasteiger charge is -2.30. The fourth-order valence-corrected chi connectivity index (χ4v) is 4.94. The molecule has 1 aliphatic carbocycles. The zero-order valence-corrected chi connectivity index (χ0v) is 20.7. The molecule has 4 aromatic rings. The largest absolute Gasteiger partial charge is 0.504 e. The molecule has 9 nitrogen and oxygen atoms in total. The van der Waals surface area contributed by atoms with Gasteiger partial charge >= 0.3 is 5.69 Å². The number of halogens is 3. The zero-order chi connectivity index (χ0) is 27.8. The summed E-state index contributed by atoms with van der Waals surface area (Å²) in [6, 6.07) is 7.20. The number of ether oxygens (including phenoxy) is 1. The van der Waals surface area contributed by atoms with Crippen molar-refractivity contribution < 1.29 is 27.8 Å². The van der Waals surface area contributed by atoms with E-state index >= 15 is 0 Å². The maximum absolute atomic E-state index is 14.1. The molecule has 1 fully saturated rings. The summed E-state index contributed by atoms with van der Waals surface area (Å²) in [7, 11) is 1.40. The Labute approximate surface area is 219 Å². The number of aromatic nitrogens is 3. The highest BCUT2D eigenvalue weighted by atomic mass is 19.2. The smallest absolute Gasteiger partial charge is 0.337 e. The molecule has 2 heterocycles. The second-order valence-electron chi connectivity index (χ2n) is 9.28. The van der Waals surface area contributed by atoms with Crippen molar-refractivity contribution in [3.63, 3.8) is 0 Å². The number of carbonyl (C=O) groups is 1. The van der Waals surface area contributed by atoms with Gasteiger partial charge in [-0.05, 0) is 62.1 Å². The average Bonchev–Trinajstić information content (AvgIpc) is 2.92. The normalized spacial score (nSPS) is 17.2. The lowest BCUT2D eigenvalue weighted by Crippen LogP contribution is -2.45. The van der Waals surface area contributed by atoms with Crippen LogP contribution < -0.4 is 21.3 Å². The van der Waals surface area contributed by atoms with Gasteiger partial charge in [0.15, 0.2) is 28.8 Å². The van der Waals surface area contributed by atoms with E-state index in [-0.39, 0.29) is 39.8 Å². The van der Waals surface area contributed by atoms with Crippen molar-refractivity contribution in [2.45, 2.75) is 37.8 Å². The van der Waals surface area contributed by atoms with Gasteiger partial charge in [-0.2, -0.15) is 0 Å². The monoisotopic (exact) mass is 540 g/mol. The number of amides is 1. The lowest BCUT2D eigenvalue weighted by atomic mass is 9.90. The molecule has 5 rings (SSSR count). The summed E-state index contributed by atoms with van der Waals surface area (Å²) in [4.78, 5) is 43.5. The van der Waals surface area contributed by atoms with Crippen LogP contribution in [-0.4, -0.2) is 38.3 Å². The number of hydrogen-bond donors (Lipinski definition) is 2. The third kappa shape index (κ3) is 4.85. The molecule has 1 aliphatic rings. The van der Waals surface area contributed by atoms with E-state index in [1.807, 2.05) is 0 Å². The van der Waals surface area contributed by atoms with E-state index in [1.54, 1.807) is 0 Å². The number of phenolic OH excluding ortho intramolecular Hbond substituents is 1. The number of rotatable bonds is 5. The van der Waals surface area contributed by atoms with Crippen molar-refractivity contribution in [2.24, 2.45) is 0 Å². The summed E-state index contributed by atoms with van der Waals surface area (Å²) < 4.78 is 48.6. The van der Waals surface area contributed by atoms with Gasteiger partial charge in [-0.25, -0.2) is 27.5 Å². The number of pyridine rings is 1. The highest BCUT2D eigenvalue weighted by Gasteiger charge is 2.28. The molecule has 0 aliphatic heterocycles. The third-order valence-electron chi connectivity index (χ3n) is 6.89. The van der Waals surface area contributed by atoms with Crippen LogP contribution in [0.15, 0.2) is 58.3 Å². The van der Waals surface area contributed by atoms with Gasteiger partial charge in [0.05, 0.1) is 24.4 Å². The first-order valence-corrected chi connectivity index (χ1v) is 12.1. The average molecular weight is 540 g/mol. The molecule has 0 atom stereocenters. The fourth-order valence-electron chi connectivity index (χ4n) is 4.94. The minimum atomic E-state index is -1.20. The van der Waals surface area contributed by atoms with Crippen LogP contribution in [0.4, 0.5) is 13.2 Å². The maximum atomic E-state index is 14.1. The molecular formula is C27H23F3N4O5. The predicted octanol–water partition coefficient (Wildman–Crippen LogP) is 3.59. The molecule has 2 N–H and O–H groups in total. The lowest BCUT2D eigenvalue weighted by molar-refractivity contribution is 0.0921. The maximum Gasteiger partial charge on any atom is 0.337 e. The number of hydrogen-bond acceptors (Lipinski definition) is 6. The molecule has 39 heavy (non-hydrogen) atoms. The Morgan fingerprint density at radius 3 is 2.44 bits per heavy atom. The number of methoxy groups -OCH3 is 1. The molecule has 0 saturated heterocycles. The Morgan fingerprint density at radius 2 is 1.77 bits per heavy atom. The highest BCUT2D eigenvalue weighted by Crippen LogP contribution is 2.29. The van der Waals surface area contributed by atoms with Crippen LogP contribution in [0.1, 0.15) is 42.1 Å². The molecule has 1 amide bonds. The van der Waals surface area contributed by atoms with E-state index in [4.69, 9.17) is 4.74 Å². The molecule has 2 aromatic carbocycles. The van der Waals surface area contributed by atoms with Crippen molar-refractivity contribution in [1.29, 1.82) is 0 Å². The van der Waals surface area contributed by atoms with Crippen molar-refractivity contribution in [3.05, 3.63) is 92.5 Å². The van der Waals surface area contributed by atoms with E-state index in [1.165, 1.54) is 31.4 Å². The molecule has 0 bridgehead atoms. The molecule has 1 saturated carbocycles. The van der Waals surface area contributed by atoms with E-state index in [9.17, 15) is 32.7 Å². The summed E-state index contributed by atoms with van der Waals surface area (Å²) in [5.41, 5.74) is -1.58. The summed E-state index contributed by atoms with van der Waals surface area (Å²) in [6.45, 7) is 0. The first kappa shape index (κ1) is 26.0. The summed E-state index contributed by atoms with van der Waals surface area (Å²) in [5, 5.41) is 12.7. The second-order valence-corrected chi connectivity index (χ2v) is 9.28. The van der Waals surface area contributed by atoms with Crippen molar-refractivity contribution in [3.8, 4) is 17.2 Å². The van der Waals surface area contributed by atoms with E-state index in [0.717, 1.165) is 33.5 Å². The van der Waals surface area contributed by atoms with Crippen LogP contribution in [0.3, 0.4) is 0 Å². The minimum absolute atomic E-state index is 0.0690. The number of nitrogens with zero attached hydrogens (tertiary/aromatic N) is 3. The van der Waals surface area contributed by atoms with Gasteiger partial charge in [-0.3, -0.25) is 14.2 Å². The van der Waals surface area contributed by atoms with Crippen LogP contribution in [0.2, 0.25) is 0 Å². The Hall–Kier alpha value is -4.61. The number of phenols is 1. The zero-order valence-electron chi connectivity index (χ0n) is 20.7. The Morgan fingerprint density at radius 1 is 1.03 bits per heavy atom. The molecule has 12 heteroatoms. The number of aromatic hydroxyl groups is 1. The van der Waals surface area contributed by atoms with Crippen molar-refractivity contribution in [1.82, 2.24) is 19.4 Å². The first-order valence-electron chi connectivity index (χ1n) is 12.1. The van der Waals surface area contributed by atoms with E-state index in [2.05, 4.69) is 10.3 Å². The first-order chi connectivity index (χ1) is 18.7. The van der Waals surface area contributed by atoms with Crippen LogP contribution in [0.5, 0.6) is 11.5 Å². The van der Waals surface area contributed by atoms with Gasteiger partial charge in [0.2, 0.25) is 0 Å². The van der Waals surface area contributed by atoms with E-state index in [0.29, 0.717) is 25.7 Å². The molecule has 0 spiro atoms. The molecule has 2 aromatic heterocycles. The minimum Gasteiger partial charge on any atom is -0.504 e. The topological polar surface area (TPSA) is 115 Å². The van der Waals surface area contributed by atoms with Gasteiger partial charge in [0.1, 0.15) is 5.82 Å². The van der Waals surface area contributed by atoms with Gasteiger partial charge in [-0.15, -0.1) is 0 Å². The van der Waals surface area contributed by atoms with Gasteiger partial charge in [0, 0.05) is 23.7 Å². The second kappa shape index (κ2) is 10.3. The Balaban J connectivity index is 1.44. The standard InChI is InChI=1S/C27H23F3N4O5/c1-39-23-9-2-14(10-22(23)35)25(36)32-16-3-5-17(6-4-16)34-26(37)19-11-15(28)13-31-24(19)33(27(34)38)18-7-8-20(29)21(30)12-18/h2,7-13,16-17,35H,3-6H2,1H3,(H,32,36). The van der Waals surface area contributed by atoms with Crippen LogP contribution in [0, 0.1) is 17.5 Å². The highest BCUT2D eigenvalue weighted by molar-refractivity contribution is 5.95. The number of fused-ring (bicyclic) bond motifs is 1. The SMILES string of the molecule is COc1ccc(C(=O)NC2CCC(n3c(=O)c4cc(F)cnc4n(-c4ccc(F)c(F)c4)c3=O)CC2)cc1O. The molecule has 202 valence electrons. The molecular weight excluding hydrogens is 517 g/mol. The van der Waals surface area contributed by atoms with Crippen molar-refractivity contribution >= 4 is 16.9 Å². The molecule has 0 radical (unpaired) electrons. The van der Waals surface area contributed by atoms with Crippen LogP contribution >= 0.6 is 0 Å². The summed E-state index contributed by atoms with van der Waals surface area (Å²) >= 11 is 0. The van der Waals surface area contributed by atoms with Crippen LogP contribution in [0.25, 0.3) is 16.7 Å². The Kier molecular flexibility index (Phi) is 6.85. The third-order valence-corrected chi connectivity index (χ3v) is 6.89. The summed E-state index contributed by atoms with van der Waals surface area (Å²) in [6.07, 6.45) is 2.35. The fraction of sp³-hybridized carbons (Fsp3) is 0.259. The quantitative estimate of drug-likeness (QED) is 0.400.